The minimum Gasteiger partial charge on any atom is -0.389 e. The molecule has 0 aliphatic heterocycles. The third-order valence-corrected chi connectivity index (χ3v) is 1.82. The first-order chi connectivity index (χ1) is 6.83. The van der Waals surface area contributed by atoms with Gasteiger partial charge in [-0.15, -0.1) is 0 Å². The number of ether oxygens (including phenoxy) is 1. The molecule has 0 bridgehead atoms. The lowest BCUT2D eigenvalue weighted by atomic mass is 10.4. The highest BCUT2D eigenvalue weighted by atomic mass is 16.5. The van der Waals surface area contributed by atoms with Crippen molar-refractivity contribution in [2.75, 3.05) is 26.8 Å². The van der Waals surface area contributed by atoms with Crippen LogP contribution in [0.4, 0.5) is 0 Å². The van der Waals surface area contributed by atoms with Crippen molar-refractivity contribution in [3.05, 3.63) is 18.5 Å². The van der Waals surface area contributed by atoms with Gasteiger partial charge >= 0.3 is 0 Å². The van der Waals surface area contributed by atoms with Gasteiger partial charge < -0.3 is 15.2 Å². The van der Waals surface area contributed by atoms with Crippen molar-refractivity contribution in [2.24, 2.45) is 0 Å². The number of rotatable bonds is 7. The lowest BCUT2D eigenvalue weighted by molar-refractivity contribution is 0.0645. The second kappa shape index (κ2) is 6.53. The smallest absolute Gasteiger partial charge is 0.0897 e. The fourth-order valence-corrected chi connectivity index (χ4v) is 1.15. The average Bonchev–Trinajstić information content (AvgIpc) is 2.65. The van der Waals surface area contributed by atoms with Crippen molar-refractivity contribution in [3.8, 4) is 0 Å². The van der Waals surface area contributed by atoms with E-state index in [1.807, 2.05) is 16.9 Å². The van der Waals surface area contributed by atoms with Crippen LogP contribution in [0.3, 0.4) is 0 Å². The summed E-state index contributed by atoms with van der Waals surface area (Å²) in [6, 6.07) is 1.89. The largest absolute Gasteiger partial charge is 0.389 e. The molecule has 0 saturated carbocycles. The highest BCUT2D eigenvalue weighted by molar-refractivity contribution is 4.77. The Bertz CT molecular complexity index is 226. The zero-order chi connectivity index (χ0) is 10.2. The van der Waals surface area contributed by atoms with Crippen molar-refractivity contribution in [1.82, 2.24) is 15.1 Å². The summed E-state index contributed by atoms with van der Waals surface area (Å²) < 4.78 is 6.64. The molecule has 0 aromatic carbocycles. The molecule has 0 fully saturated rings. The molecule has 0 saturated heterocycles. The van der Waals surface area contributed by atoms with Crippen LogP contribution >= 0.6 is 0 Å². The van der Waals surface area contributed by atoms with Gasteiger partial charge in [0.25, 0.3) is 0 Å². The predicted octanol–water partition coefficient (Wildman–Crippen LogP) is -0.520. The number of nitrogens with zero attached hydrogens (tertiary/aromatic N) is 2. The number of aliphatic hydroxyl groups is 1. The third-order valence-electron chi connectivity index (χ3n) is 1.82. The molecule has 1 aromatic rings. The van der Waals surface area contributed by atoms with Crippen LogP contribution in [-0.2, 0) is 11.3 Å². The van der Waals surface area contributed by atoms with Crippen LogP contribution in [0.2, 0.25) is 0 Å². The summed E-state index contributed by atoms with van der Waals surface area (Å²) in [6.07, 6.45) is 3.23. The Labute approximate surface area is 83.7 Å². The molecular weight excluding hydrogens is 182 g/mol. The maximum absolute atomic E-state index is 9.30. The Kier molecular flexibility index (Phi) is 5.21. The van der Waals surface area contributed by atoms with Gasteiger partial charge in [0.15, 0.2) is 0 Å². The zero-order valence-electron chi connectivity index (χ0n) is 8.39. The fourth-order valence-electron chi connectivity index (χ4n) is 1.15. The van der Waals surface area contributed by atoms with Gasteiger partial charge in [-0.3, -0.25) is 4.68 Å². The topological polar surface area (TPSA) is 59.3 Å². The first-order valence-electron chi connectivity index (χ1n) is 4.68. The highest BCUT2D eigenvalue weighted by Crippen LogP contribution is 1.84. The molecule has 5 heteroatoms. The summed E-state index contributed by atoms with van der Waals surface area (Å²) >= 11 is 0. The number of hydrogen-bond donors (Lipinski definition) is 2. The lowest BCUT2D eigenvalue weighted by Gasteiger charge is -2.10. The first kappa shape index (κ1) is 11.2. The highest BCUT2D eigenvalue weighted by Gasteiger charge is 2.01. The zero-order valence-corrected chi connectivity index (χ0v) is 8.39. The maximum Gasteiger partial charge on any atom is 0.0897 e. The molecule has 1 aromatic heterocycles. The number of hydrogen-bond acceptors (Lipinski definition) is 4. The molecule has 14 heavy (non-hydrogen) atoms. The van der Waals surface area contributed by atoms with Gasteiger partial charge in [0.2, 0.25) is 0 Å². The van der Waals surface area contributed by atoms with Crippen molar-refractivity contribution in [2.45, 2.75) is 12.6 Å². The van der Waals surface area contributed by atoms with E-state index in [0.29, 0.717) is 13.2 Å². The minimum atomic E-state index is -0.433. The van der Waals surface area contributed by atoms with Crippen LogP contribution in [0.25, 0.3) is 0 Å². The van der Waals surface area contributed by atoms with E-state index < -0.39 is 6.10 Å². The van der Waals surface area contributed by atoms with Gasteiger partial charge in [0, 0.05) is 32.6 Å². The van der Waals surface area contributed by atoms with Gasteiger partial charge in [-0.05, 0) is 6.07 Å². The quantitative estimate of drug-likeness (QED) is 0.580. The molecule has 0 amide bonds. The van der Waals surface area contributed by atoms with Crippen LogP contribution in [-0.4, -0.2) is 47.8 Å². The number of methoxy groups -OCH3 is 1. The molecule has 1 atom stereocenters. The van der Waals surface area contributed by atoms with Gasteiger partial charge in [-0.25, -0.2) is 0 Å². The Morgan fingerprint density at radius 2 is 2.50 bits per heavy atom. The number of aliphatic hydroxyl groups excluding tert-OH is 1. The van der Waals surface area contributed by atoms with E-state index in [9.17, 15) is 5.11 Å². The van der Waals surface area contributed by atoms with Crippen molar-refractivity contribution < 1.29 is 9.84 Å². The van der Waals surface area contributed by atoms with Crippen LogP contribution in [0.1, 0.15) is 0 Å². The molecule has 0 aliphatic rings. The monoisotopic (exact) mass is 199 g/mol. The summed E-state index contributed by atoms with van der Waals surface area (Å²) in [5.41, 5.74) is 0. The molecular formula is C9H17N3O2. The molecule has 1 rings (SSSR count). The van der Waals surface area contributed by atoms with Crippen molar-refractivity contribution in [3.63, 3.8) is 0 Å². The molecule has 2 N–H and O–H groups in total. The normalized spacial score (nSPS) is 13.0. The minimum absolute atomic E-state index is 0.370. The van der Waals surface area contributed by atoms with Gasteiger partial charge in [-0.1, -0.05) is 0 Å². The Morgan fingerprint density at radius 3 is 3.14 bits per heavy atom. The molecule has 0 spiro atoms. The third kappa shape index (κ3) is 4.36. The molecule has 5 nitrogen and oxygen atoms in total. The van der Waals surface area contributed by atoms with Gasteiger partial charge in [0.05, 0.1) is 19.3 Å². The SMILES string of the molecule is COCC(O)CNCCn1cccn1. The van der Waals surface area contributed by atoms with E-state index in [1.165, 1.54) is 0 Å². The summed E-state index contributed by atoms with van der Waals surface area (Å²) in [4.78, 5) is 0. The second-order valence-corrected chi connectivity index (χ2v) is 3.08. The Morgan fingerprint density at radius 1 is 1.64 bits per heavy atom. The summed E-state index contributed by atoms with van der Waals surface area (Å²) in [7, 11) is 1.58. The van der Waals surface area contributed by atoms with E-state index in [0.717, 1.165) is 13.1 Å². The van der Waals surface area contributed by atoms with E-state index in [1.54, 1.807) is 13.3 Å². The number of aromatic nitrogens is 2. The first-order valence-corrected chi connectivity index (χ1v) is 4.68. The standard InChI is InChI=1S/C9H17N3O2/c1-14-8-9(13)7-10-4-6-12-5-2-3-11-12/h2-3,5,9-10,13H,4,6-8H2,1H3. The van der Waals surface area contributed by atoms with E-state index >= 15 is 0 Å². The van der Waals surface area contributed by atoms with Crippen LogP contribution in [0.5, 0.6) is 0 Å². The number of nitrogens with one attached hydrogen (secondary N) is 1. The Balaban J connectivity index is 1.99. The van der Waals surface area contributed by atoms with E-state index in [4.69, 9.17) is 4.74 Å². The fraction of sp³-hybridized carbons (Fsp3) is 0.667. The molecule has 0 aliphatic carbocycles. The predicted molar refractivity (Wildman–Crippen MR) is 53.0 cm³/mol. The van der Waals surface area contributed by atoms with Crippen molar-refractivity contribution in [1.29, 1.82) is 0 Å². The summed E-state index contributed by atoms with van der Waals surface area (Å²) in [6.45, 7) is 2.53. The van der Waals surface area contributed by atoms with Crippen LogP contribution < -0.4 is 5.32 Å². The average molecular weight is 199 g/mol. The van der Waals surface area contributed by atoms with E-state index in [-0.39, 0.29) is 0 Å². The van der Waals surface area contributed by atoms with E-state index in [2.05, 4.69) is 10.4 Å². The molecule has 0 radical (unpaired) electrons. The lowest BCUT2D eigenvalue weighted by Crippen LogP contribution is -2.32. The van der Waals surface area contributed by atoms with Gasteiger partial charge in [0.1, 0.15) is 0 Å². The molecule has 1 unspecified atom stereocenters. The second-order valence-electron chi connectivity index (χ2n) is 3.08. The Hall–Kier alpha value is -0.910. The van der Waals surface area contributed by atoms with Gasteiger partial charge in [-0.2, -0.15) is 5.10 Å². The van der Waals surface area contributed by atoms with Crippen molar-refractivity contribution >= 4 is 0 Å². The molecule has 80 valence electrons. The van der Waals surface area contributed by atoms with Crippen LogP contribution in [0.15, 0.2) is 18.5 Å². The molecule has 1 heterocycles. The summed E-state index contributed by atoms with van der Waals surface area (Å²) in [5, 5.41) is 16.5. The summed E-state index contributed by atoms with van der Waals surface area (Å²) in [5.74, 6) is 0. The maximum atomic E-state index is 9.30. The van der Waals surface area contributed by atoms with Crippen LogP contribution in [0, 0.1) is 0 Å².